The van der Waals surface area contributed by atoms with Crippen LogP contribution in [0.5, 0.6) is 0 Å². The van der Waals surface area contributed by atoms with Crippen LogP contribution in [0.25, 0.3) is 0 Å². The molecule has 2 saturated heterocycles. The molecule has 0 aliphatic carbocycles. The molecule has 2 atom stereocenters. The highest BCUT2D eigenvalue weighted by Gasteiger charge is 2.41. The molecule has 3 rings (SSSR count). The monoisotopic (exact) mass is 334 g/mol. The van der Waals surface area contributed by atoms with Crippen LogP contribution >= 0.6 is 0 Å². The van der Waals surface area contributed by atoms with Crippen molar-refractivity contribution in [1.29, 1.82) is 0 Å². The maximum absolute atomic E-state index is 6.02. The maximum atomic E-state index is 6.02. The Hall–Kier alpha value is -0.900. The lowest BCUT2D eigenvalue weighted by Crippen LogP contribution is -2.35. The fourth-order valence-electron chi connectivity index (χ4n) is 3.59. The topological polar surface area (TPSA) is 15.7 Å². The predicted octanol–water partition coefficient (Wildman–Crippen LogP) is 4.75. The fraction of sp³-hybridized carbons (Fsp3) is 0.714. The Labute approximate surface area is 149 Å². The summed E-state index contributed by atoms with van der Waals surface area (Å²) in [6.45, 7) is 18.2. The summed E-state index contributed by atoms with van der Waals surface area (Å²) in [6.07, 6.45) is 0. The van der Waals surface area contributed by atoms with Crippen LogP contribution in [-0.4, -0.2) is 41.7 Å². The first kappa shape index (κ1) is 21.1. The van der Waals surface area contributed by atoms with Gasteiger partial charge in [-0.1, -0.05) is 51.1 Å². The van der Waals surface area contributed by atoms with Gasteiger partial charge in [0.1, 0.15) is 0 Å². The van der Waals surface area contributed by atoms with E-state index in [1.807, 2.05) is 13.8 Å². The Morgan fingerprint density at radius 3 is 1.92 bits per heavy atom. The third-order valence-electron chi connectivity index (χ3n) is 4.46. The molecule has 0 radical (unpaired) electrons. The molecule has 2 fully saturated rings. The Balaban J connectivity index is 0.000000925. The van der Waals surface area contributed by atoms with Gasteiger partial charge in [-0.15, -0.1) is 0 Å². The van der Waals surface area contributed by atoms with E-state index in [0.717, 1.165) is 31.5 Å². The molecule has 1 aromatic carbocycles. The van der Waals surface area contributed by atoms with Crippen LogP contribution in [-0.2, 0) is 11.4 Å². The van der Waals surface area contributed by atoms with Gasteiger partial charge in [0.25, 0.3) is 0 Å². The lowest BCUT2D eigenvalue weighted by atomic mass is 10.0. The standard InChI is InChI=1S/C18H28N2O.C2H6.CH4/c1-14-5-7-15(8-6-14)9-19-10-16-12-20(13-17(16)11-19)21-18(2,3)4;1-2;/h5-8,16-17H,9-13H2,1-4H3;1-2H3;1H4. The van der Waals surface area contributed by atoms with E-state index >= 15 is 0 Å². The van der Waals surface area contributed by atoms with Gasteiger partial charge in [0.15, 0.2) is 0 Å². The van der Waals surface area contributed by atoms with Crippen molar-refractivity contribution in [1.82, 2.24) is 9.96 Å². The van der Waals surface area contributed by atoms with Crippen LogP contribution in [0, 0.1) is 18.8 Å². The van der Waals surface area contributed by atoms with Crippen molar-refractivity contribution in [2.75, 3.05) is 26.2 Å². The number of benzene rings is 1. The van der Waals surface area contributed by atoms with E-state index in [2.05, 4.69) is 61.9 Å². The van der Waals surface area contributed by atoms with Crippen molar-refractivity contribution in [3.8, 4) is 0 Å². The number of likely N-dealkylation sites (tertiary alicyclic amines) is 1. The Morgan fingerprint density at radius 1 is 0.958 bits per heavy atom. The first-order valence-corrected chi connectivity index (χ1v) is 9.11. The molecule has 0 saturated carbocycles. The summed E-state index contributed by atoms with van der Waals surface area (Å²) in [4.78, 5) is 8.62. The Bertz CT molecular complexity index is 464. The first-order valence-electron chi connectivity index (χ1n) is 9.11. The highest BCUT2D eigenvalue weighted by molar-refractivity contribution is 5.21. The van der Waals surface area contributed by atoms with Crippen LogP contribution in [0.3, 0.4) is 0 Å². The Kier molecular flexibility index (Phi) is 7.91. The smallest absolute Gasteiger partial charge is 0.0815 e. The molecule has 2 heterocycles. The zero-order valence-corrected chi connectivity index (χ0v) is 15.8. The minimum absolute atomic E-state index is 0. The largest absolute Gasteiger partial charge is 0.298 e. The van der Waals surface area contributed by atoms with E-state index in [1.165, 1.54) is 24.2 Å². The van der Waals surface area contributed by atoms with E-state index in [0.29, 0.717) is 0 Å². The second kappa shape index (κ2) is 8.98. The van der Waals surface area contributed by atoms with Crippen LogP contribution in [0.4, 0.5) is 0 Å². The molecule has 0 spiro atoms. The summed E-state index contributed by atoms with van der Waals surface area (Å²) in [7, 11) is 0. The molecule has 0 N–H and O–H groups in total. The molecular weight excluding hydrogens is 296 g/mol. The van der Waals surface area contributed by atoms with Gasteiger partial charge in [-0.2, -0.15) is 5.06 Å². The van der Waals surface area contributed by atoms with Crippen LogP contribution in [0.1, 0.15) is 53.2 Å². The molecule has 24 heavy (non-hydrogen) atoms. The van der Waals surface area contributed by atoms with Crippen molar-refractivity contribution in [2.24, 2.45) is 11.8 Å². The number of rotatable bonds is 3. The molecule has 3 heteroatoms. The van der Waals surface area contributed by atoms with Gasteiger partial charge in [0.2, 0.25) is 0 Å². The summed E-state index contributed by atoms with van der Waals surface area (Å²) >= 11 is 0. The van der Waals surface area contributed by atoms with E-state index in [-0.39, 0.29) is 13.0 Å². The molecule has 1 aromatic rings. The van der Waals surface area contributed by atoms with Gasteiger partial charge in [-0.05, 0) is 45.1 Å². The fourth-order valence-corrected chi connectivity index (χ4v) is 3.59. The highest BCUT2D eigenvalue weighted by Crippen LogP contribution is 2.33. The van der Waals surface area contributed by atoms with Crippen LogP contribution in [0.15, 0.2) is 24.3 Å². The quantitative estimate of drug-likeness (QED) is 0.793. The van der Waals surface area contributed by atoms with Crippen molar-refractivity contribution >= 4 is 0 Å². The van der Waals surface area contributed by atoms with Gasteiger partial charge < -0.3 is 0 Å². The SMILES string of the molecule is C.CC.Cc1ccc(CN2CC3CN(OC(C)(C)C)CC3C2)cc1. The lowest BCUT2D eigenvalue weighted by Gasteiger charge is -2.28. The highest BCUT2D eigenvalue weighted by atomic mass is 16.7. The number of hydrogen-bond donors (Lipinski definition) is 0. The second-order valence-electron chi connectivity index (χ2n) is 7.75. The average Bonchev–Trinajstić information content (AvgIpc) is 2.99. The normalized spacial score (nSPS) is 24.1. The molecule has 2 aliphatic rings. The molecule has 2 aliphatic heterocycles. The summed E-state index contributed by atoms with van der Waals surface area (Å²) in [5, 5.41) is 2.19. The van der Waals surface area contributed by atoms with Crippen molar-refractivity contribution in [3.05, 3.63) is 35.4 Å². The summed E-state index contributed by atoms with van der Waals surface area (Å²) in [6, 6.07) is 8.95. The zero-order chi connectivity index (χ0) is 17.0. The number of nitrogens with zero attached hydrogens (tertiary/aromatic N) is 2. The van der Waals surface area contributed by atoms with Gasteiger partial charge in [0.05, 0.1) is 5.60 Å². The van der Waals surface area contributed by atoms with E-state index in [4.69, 9.17) is 4.84 Å². The molecule has 2 unspecified atom stereocenters. The average molecular weight is 335 g/mol. The van der Waals surface area contributed by atoms with Gasteiger partial charge in [0, 0.05) is 32.7 Å². The van der Waals surface area contributed by atoms with Gasteiger partial charge in [-0.3, -0.25) is 9.74 Å². The Morgan fingerprint density at radius 2 is 1.46 bits per heavy atom. The minimum atomic E-state index is -0.0692. The molecule has 138 valence electrons. The molecular formula is C21H38N2O. The number of aryl methyl sites for hydroxylation is 1. The number of hydroxylamine groups is 2. The predicted molar refractivity (Wildman–Crippen MR) is 104 cm³/mol. The molecule has 3 nitrogen and oxygen atoms in total. The van der Waals surface area contributed by atoms with Gasteiger partial charge in [-0.25, -0.2) is 0 Å². The van der Waals surface area contributed by atoms with E-state index < -0.39 is 0 Å². The lowest BCUT2D eigenvalue weighted by molar-refractivity contribution is -0.220. The van der Waals surface area contributed by atoms with E-state index in [9.17, 15) is 0 Å². The molecule has 0 aromatic heterocycles. The first-order chi connectivity index (χ1) is 10.9. The third-order valence-corrected chi connectivity index (χ3v) is 4.46. The minimum Gasteiger partial charge on any atom is -0.298 e. The van der Waals surface area contributed by atoms with E-state index in [1.54, 1.807) is 0 Å². The number of hydrogen-bond acceptors (Lipinski definition) is 3. The van der Waals surface area contributed by atoms with Crippen molar-refractivity contribution in [3.63, 3.8) is 0 Å². The number of fused-ring (bicyclic) bond motifs is 1. The third kappa shape index (κ3) is 5.87. The molecule has 0 bridgehead atoms. The zero-order valence-electron chi connectivity index (χ0n) is 15.8. The summed E-state index contributed by atoms with van der Waals surface area (Å²) in [5.74, 6) is 1.55. The summed E-state index contributed by atoms with van der Waals surface area (Å²) in [5.41, 5.74) is 2.70. The summed E-state index contributed by atoms with van der Waals surface area (Å²) < 4.78 is 0. The van der Waals surface area contributed by atoms with Crippen LogP contribution in [0.2, 0.25) is 0 Å². The second-order valence-corrected chi connectivity index (χ2v) is 7.75. The van der Waals surface area contributed by atoms with Crippen LogP contribution < -0.4 is 0 Å². The van der Waals surface area contributed by atoms with Gasteiger partial charge >= 0.3 is 0 Å². The van der Waals surface area contributed by atoms with Crippen molar-refractivity contribution in [2.45, 2.75) is 61.1 Å². The maximum Gasteiger partial charge on any atom is 0.0815 e. The molecule has 0 amide bonds. The van der Waals surface area contributed by atoms with Crippen molar-refractivity contribution < 1.29 is 4.84 Å².